The number of nitrogens with one attached hydrogen (secondary N) is 1. The highest BCUT2D eigenvalue weighted by atomic mass is 32.1. The molecule has 17 heavy (non-hydrogen) atoms. The van der Waals surface area contributed by atoms with Gasteiger partial charge < -0.3 is 10.4 Å². The summed E-state index contributed by atoms with van der Waals surface area (Å²) in [5.41, 5.74) is 3.03. The maximum atomic E-state index is 9.62. The Morgan fingerprint density at radius 2 is 2.29 bits per heavy atom. The molecule has 2 N–H and O–H groups in total. The average molecular weight is 249 g/mol. The number of rotatable bonds is 3. The van der Waals surface area contributed by atoms with Crippen molar-refractivity contribution >= 4 is 27.4 Å². The average Bonchev–Trinajstić information content (AvgIpc) is 3.03. The SMILES string of the molecule is CNc1cnc2sc(C)nc2c1C1(CO)CC1. The number of fused-ring (bicyclic) bond motifs is 1. The molecule has 1 fully saturated rings. The molecule has 0 radical (unpaired) electrons. The summed E-state index contributed by atoms with van der Waals surface area (Å²) in [6, 6.07) is 0. The van der Waals surface area contributed by atoms with Crippen molar-refractivity contribution in [2.24, 2.45) is 0 Å². The first-order valence-electron chi connectivity index (χ1n) is 5.75. The molecule has 0 unspecified atom stereocenters. The summed E-state index contributed by atoms with van der Waals surface area (Å²) in [7, 11) is 1.89. The van der Waals surface area contributed by atoms with Crippen molar-refractivity contribution in [1.29, 1.82) is 0 Å². The zero-order valence-corrected chi connectivity index (χ0v) is 10.8. The number of aliphatic hydroxyl groups excluding tert-OH is 1. The molecule has 3 rings (SSSR count). The normalized spacial score (nSPS) is 17.4. The minimum absolute atomic E-state index is 0.0833. The minimum Gasteiger partial charge on any atom is -0.395 e. The third-order valence-corrected chi connectivity index (χ3v) is 4.37. The van der Waals surface area contributed by atoms with Gasteiger partial charge in [-0.05, 0) is 19.8 Å². The van der Waals surface area contributed by atoms with Crippen molar-refractivity contribution in [2.45, 2.75) is 25.2 Å². The lowest BCUT2D eigenvalue weighted by atomic mass is 9.95. The van der Waals surface area contributed by atoms with Gasteiger partial charge in [0.15, 0.2) is 0 Å². The van der Waals surface area contributed by atoms with Gasteiger partial charge in [-0.1, -0.05) is 11.3 Å². The minimum atomic E-state index is -0.0833. The van der Waals surface area contributed by atoms with Crippen molar-refractivity contribution in [3.05, 3.63) is 16.8 Å². The van der Waals surface area contributed by atoms with Crippen LogP contribution in [0.15, 0.2) is 6.20 Å². The fourth-order valence-corrected chi connectivity index (χ4v) is 3.11. The van der Waals surface area contributed by atoms with Crippen LogP contribution in [-0.4, -0.2) is 28.7 Å². The van der Waals surface area contributed by atoms with E-state index < -0.39 is 0 Å². The van der Waals surface area contributed by atoms with Crippen LogP contribution >= 0.6 is 11.3 Å². The molecule has 0 saturated heterocycles. The number of pyridine rings is 1. The second-order valence-electron chi connectivity index (χ2n) is 4.62. The molecule has 2 heterocycles. The lowest BCUT2D eigenvalue weighted by Crippen LogP contribution is -2.15. The molecule has 0 atom stereocenters. The van der Waals surface area contributed by atoms with Crippen LogP contribution < -0.4 is 5.32 Å². The molecule has 90 valence electrons. The Hall–Kier alpha value is -1.20. The predicted molar refractivity (Wildman–Crippen MR) is 69.7 cm³/mol. The van der Waals surface area contributed by atoms with Crippen LogP contribution in [-0.2, 0) is 5.41 Å². The number of thiazole rings is 1. The topological polar surface area (TPSA) is 58.0 Å². The smallest absolute Gasteiger partial charge is 0.143 e. The van der Waals surface area contributed by atoms with Gasteiger partial charge in [-0.25, -0.2) is 9.97 Å². The number of hydrogen-bond acceptors (Lipinski definition) is 5. The predicted octanol–water partition coefficient (Wildman–Crippen LogP) is 2.07. The van der Waals surface area contributed by atoms with Crippen molar-refractivity contribution in [2.75, 3.05) is 19.0 Å². The maximum Gasteiger partial charge on any atom is 0.143 e. The van der Waals surface area contributed by atoms with Gasteiger partial charge in [-0.15, -0.1) is 0 Å². The summed E-state index contributed by atoms with van der Waals surface area (Å²) in [6.45, 7) is 2.19. The number of nitrogens with zero attached hydrogens (tertiary/aromatic N) is 2. The quantitative estimate of drug-likeness (QED) is 0.874. The van der Waals surface area contributed by atoms with Crippen LogP contribution in [0.5, 0.6) is 0 Å². The lowest BCUT2D eigenvalue weighted by Gasteiger charge is -2.17. The Balaban J connectivity index is 2.31. The number of anilines is 1. The fourth-order valence-electron chi connectivity index (χ4n) is 2.35. The molecular weight excluding hydrogens is 234 g/mol. The van der Waals surface area contributed by atoms with Crippen LogP contribution in [0.4, 0.5) is 5.69 Å². The number of aryl methyl sites for hydroxylation is 1. The molecule has 2 aromatic rings. The van der Waals surface area contributed by atoms with Gasteiger partial charge in [0, 0.05) is 18.0 Å². The summed E-state index contributed by atoms with van der Waals surface area (Å²) in [5.74, 6) is 0. The highest BCUT2D eigenvalue weighted by Gasteiger charge is 2.47. The Morgan fingerprint density at radius 3 is 2.88 bits per heavy atom. The second-order valence-corrected chi connectivity index (χ2v) is 5.80. The van der Waals surface area contributed by atoms with E-state index >= 15 is 0 Å². The van der Waals surface area contributed by atoms with Crippen LogP contribution in [0.25, 0.3) is 10.3 Å². The van der Waals surface area contributed by atoms with E-state index in [1.165, 1.54) is 0 Å². The van der Waals surface area contributed by atoms with E-state index in [1.807, 2.05) is 20.2 Å². The molecule has 1 aliphatic carbocycles. The van der Waals surface area contributed by atoms with Crippen molar-refractivity contribution < 1.29 is 5.11 Å². The molecule has 5 heteroatoms. The van der Waals surface area contributed by atoms with E-state index in [4.69, 9.17) is 0 Å². The van der Waals surface area contributed by atoms with Crippen molar-refractivity contribution in [3.63, 3.8) is 0 Å². The molecule has 0 aliphatic heterocycles. The molecule has 0 amide bonds. The van der Waals surface area contributed by atoms with E-state index in [0.29, 0.717) is 0 Å². The first kappa shape index (κ1) is 10.9. The zero-order valence-electron chi connectivity index (χ0n) is 9.95. The van der Waals surface area contributed by atoms with Crippen LogP contribution in [0.3, 0.4) is 0 Å². The van der Waals surface area contributed by atoms with Gasteiger partial charge in [0.25, 0.3) is 0 Å². The third kappa shape index (κ3) is 1.53. The van der Waals surface area contributed by atoms with Crippen molar-refractivity contribution in [3.8, 4) is 0 Å². The molecular formula is C12H15N3OS. The van der Waals surface area contributed by atoms with Gasteiger partial charge in [0.1, 0.15) is 10.3 Å². The molecule has 4 nitrogen and oxygen atoms in total. The molecule has 2 aromatic heterocycles. The summed E-state index contributed by atoms with van der Waals surface area (Å²) >= 11 is 1.61. The summed E-state index contributed by atoms with van der Waals surface area (Å²) in [5, 5.41) is 13.8. The Labute approximate surface area is 104 Å². The van der Waals surface area contributed by atoms with Gasteiger partial charge in [0.05, 0.1) is 23.5 Å². The first-order valence-corrected chi connectivity index (χ1v) is 6.57. The molecule has 1 aliphatic rings. The van der Waals surface area contributed by atoms with E-state index in [9.17, 15) is 5.11 Å². The van der Waals surface area contributed by atoms with Crippen molar-refractivity contribution in [1.82, 2.24) is 9.97 Å². The van der Waals surface area contributed by atoms with Crippen LogP contribution in [0.1, 0.15) is 23.4 Å². The second kappa shape index (κ2) is 3.65. The number of aromatic nitrogens is 2. The highest BCUT2D eigenvalue weighted by Crippen LogP contribution is 2.52. The van der Waals surface area contributed by atoms with E-state index in [2.05, 4.69) is 15.3 Å². The standard InChI is InChI=1S/C12H15N3OS/c1-7-15-10-9(12(6-16)3-4-12)8(13-2)5-14-11(10)17-7/h5,13,16H,3-4,6H2,1-2H3. The van der Waals surface area contributed by atoms with E-state index in [0.717, 1.165) is 39.4 Å². The highest BCUT2D eigenvalue weighted by molar-refractivity contribution is 7.18. The molecule has 0 bridgehead atoms. The van der Waals surface area contributed by atoms with Gasteiger partial charge in [-0.2, -0.15) is 0 Å². The monoisotopic (exact) mass is 249 g/mol. The maximum absolute atomic E-state index is 9.62. The largest absolute Gasteiger partial charge is 0.395 e. The number of aliphatic hydroxyl groups is 1. The van der Waals surface area contributed by atoms with E-state index in [-0.39, 0.29) is 12.0 Å². The van der Waals surface area contributed by atoms with Crippen LogP contribution in [0, 0.1) is 6.92 Å². The molecule has 1 saturated carbocycles. The molecule has 0 spiro atoms. The van der Waals surface area contributed by atoms with Gasteiger partial charge in [0.2, 0.25) is 0 Å². The summed E-state index contributed by atoms with van der Waals surface area (Å²) in [6.07, 6.45) is 3.92. The first-order chi connectivity index (χ1) is 8.20. The van der Waals surface area contributed by atoms with E-state index in [1.54, 1.807) is 11.3 Å². The summed E-state index contributed by atoms with van der Waals surface area (Å²) in [4.78, 5) is 9.97. The van der Waals surface area contributed by atoms with Gasteiger partial charge in [-0.3, -0.25) is 0 Å². The Kier molecular flexibility index (Phi) is 2.34. The van der Waals surface area contributed by atoms with Crippen LogP contribution in [0.2, 0.25) is 0 Å². The number of hydrogen-bond donors (Lipinski definition) is 2. The molecule has 0 aromatic carbocycles. The Bertz CT molecular complexity index is 574. The summed E-state index contributed by atoms with van der Waals surface area (Å²) < 4.78 is 0. The van der Waals surface area contributed by atoms with Gasteiger partial charge >= 0.3 is 0 Å². The Morgan fingerprint density at radius 1 is 1.53 bits per heavy atom. The fraction of sp³-hybridized carbons (Fsp3) is 0.500. The third-order valence-electron chi connectivity index (χ3n) is 3.49. The zero-order chi connectivity index (χ0) is 12.0. The lowest BCUT2D eigenvalue weighted by molar-refractivity contribution is 0.256.